The van der Waals surface area contributed by atoms with Crippen LogP contribution in [-0.4, -0.2) is 31.7 Å². The third kappa shape index (κ3) is 3.86. The molecule has 2 aromatic rings. The minimum atomic E-state index is -4.46. The molecule has 3 N–H and O–H groups in total. The Balaban J connectivity index is 2.09. The zero-order valence-electron chi connectivity index (χ0n) is 14.0. The van der Waals surface area contributed by atoms with Crippen LogP contribution in [0.4, 0.5) is 10.1 Å². The molecule has 0 amide bonds. The van der Waals surface area contributed by atoms with Gasteiger partial charge in [0.25, 0.3) is 10.0 Å². The standard InChI is InChI=1S/C17H15BrFNO6S/c1-26-17(23)11-4-9(8-2-3-8)5-13(15(11)21)20-27(24,25)14-7-10(18)6-12(19)16(14)22/h4-8,20-22H,2-3H2,1H3. The van der Waals surface area contributed by atoms with E-state index in [1.54, 1.807) is 0 Å². The molecule has 1 aliphatic carbocycles. The first-order valence-electron chi connectivity index (χ1n) is 7.80. The van der Waals surface area contributed by atoms with Crippen molar-refractivity contribution in [3.8, 4) is 11.5 Å². The van der Waals surface area contributed by atoms with Gasteiger partial charge in [-0.05, 0) is 48.6 Å². The number of hydrogen-bond acceptors (Lipinski definition) is 6. The minimum absolute atomic E-state index is 0.101. The van der Waals surface area contributed by atoms with Crippen molar-refractivity contribution >= 4 is 37.6 Å². The summed E-state index contributed by atoms with van der Waals surface area (Å²) < 4.78 is 45.8. The topological polar surface area (TPSA) is 113 Å². The Hall–Kier alpha value is -2.33. The van der Waals surface area contributed by atoms with Gasteiger partial charge in [-0.25, -0.2) is 17.6 Å². The van der Waals surface area contributed by atoms with Crippen molar-refractivity contribution in [2.45, 2.75) is 23.7 Å². The van der Waals surface area contributed by atoms with Crippen molar-refractivity contribution < 1.29 is 32.6 Å². The molecule has 0 aromatic heterocycles. The number of carbonyl (C=O) groups excluding carboxylic acids is 1. The number of hydrogen-bond donors (Lipinski definition) is 3. The summed E-state index contributed by atoms with van der Waals surface area (Å²) in [5.74, 6) is -3.49. The van der Waals surface area contributed by atoms with Crippen LogP contribution in [0.15, 0.2) is 33.6 Å². The molecule has 0 spiro atoms. The third-order valence-corrected chi connectivity index (χ3v) is 5.95. The quantitative estimate of drug-likeness (QED) is 0.466. The highest BCUT2D eigenvalue weighted by molar-refractivity contribution is 9.10. The molecule has 1 saturated carbocycles. The van der Waals surface area contributed by atoms with Gasteiger partial charge in [0.1, 0.15) is 10.5 Å². The molecule has 144 valence electrons. The van der Waals surface area contributed by atoms with Gasteiger partial charge in [0.05, 0.1) is 12.8 Å². The second-order valence-electron chi connectivity index (χ2n) is 6.07. The average Bonchev–Trinajstić information content (AvgIpc) is 3.44. The fourth-order valence-electron chi connectivity index (χ4n) is 2.60. The normalized spacial score (nSPS) is 14.0. The van der Waals surface area contributed by atoms with Crippen molar-refractivity contribution in [3.63, 3.8) is 0 Å². The van der Waals surface area contributed by atoms with E-state index < -0.39 is 38.2 Å². The van der Waals surface area contributed by atoms with Crippen LogP contribution in [-0.2, 0) is 14.8 Å². The Morgan fingerprint density at radius 3 is 2.48 bits per heavy atom. The number of benzene rings is 2. The number of halogens is 2. The summed E-state index contributed by atoms with van der Waals surface area (Å²) in [6, 6.07) is 4.79. The fourth-order valence-corrected chi connectivity index (χ4v) is 4.37. The maximum Gasteiger partial charge on any atom is 0.341 e. The third-order valence-electron chi connectivity index (χ3n) is 4.11. The lowest BCUT2D eigenvalue weighted by Crippen LogP contribution is -2.15. The maximum atomic E-state index is 13.7. The van der Waals surface area contributed by atoms with E-state index in [9.17, 15) is 27.8 Å². The molecule has 7 nitrogen and oxygen atoms in total. The number of sulfonamides is 1. The van der Waals surface area contributed by atoms with Gasteiger partial charge < -0.3 is 14.9 Å². The summed E-state index contributed by atoms with van der Waals surface area (Å²) in [4.78, 5) is 11.2. The molecule has 0 heterocycles. The lowest BCUT2D eigenvalue weighted by Gasteiger charge is -2.15. The lowest BCUT2D eigenvalue weighted by atomic mass is 10.0. The van der Waals surface area contributed by atoms with E-state index in [1.165, 1.54) is 12.1 Å². The van der Waals surface area contributed by atoms with E-state index in [2.05, 4.69) is 25.4 Å². The second-order valence-corrected chi connectivity index (χ2v) is 8.64. The number of methoxy groups -OCH3 is 1. The predicted octanol–water partition coefficient (Wildman–Crippen LogP) is 3.46. The zero-order valence-corrected chi connectivity index (χ0v) is 16.4. The number of esters is 1. The molecule has 2 aromatic carbocycles. The van der Waals surface area contributed by atoms with Crippen LogP contribution >= 0.6 is 15.9 Å². The van der Waals surface area contributed by atoms with Gasteiger partial charge in [0.2, 0.25) is 0 Å². The Bertz CT molecular complexity index is 1040. The molecular formula is C17H15BrFNO6S. The van der Waals surface area contributed by atoms with Crippen LogP contribution in [0.1, 0.15) is 34.7 Å². The number of carbonyl (C=O) groups is 1. The lowest BCUT2D eigenvalue weighted by molar-refractivity contribution is 0.0597. The zero-order chi connectivity index (χ0) is 19.9. The molecule has 0 bridgehead atoms. The number of anilines is 1. The van der Waals surface area contributed by atoms with Crippen LogP contribution in [0.3, 0.4) is 0 Å². The van der Waals surface area contributed by atoms with Crippen molar-refractivity contribution in [2.24, 2.45) is 0 Å². The monoisotopic (exact) mass is 459 g/mol. The Morgan fingerprint density at radius 2 is 1.89 bits per heavy atom. The Morgan fingerprint density at radius 1 is 1.22 bits per heavy atom. The van der Waals surface area contributed by atoms with Gasteiger partial charge in [-0.15, -0.1) is 0 Å². The molecule has 0 atom stereocenters. The van der Waals surface area contributed by atoms with E-state index in [-0.39, 0.29) is 21.6 Å². The van der Waals surface area contributed by atoms with E-state index >= 15 is 0 Å². The number of nitrogens with one attached hydrogen (secondary N) is 1. The summed E-state index contributed by atoms with van der Waals surface area (Å²) in [5, 5.41) is 20.1. The van der Waals surface area contributed by atoms with Gasteiger partial charge in [-0.3, -0.25) is 4.72 Å². The van der Waals surface area contributed by atoms with Gasteiger partial charge in [-0.2, -0.15) is 0 Å². The summed E-state index contributed by atoms with van der Waals surface area (Å²) in [7, 11) is -3.33. The number of ether oxygens (including phenoxy) is 1. The van der Waals surface area contributed by atoms with Gasteiger partial charge in [0, 0.05) is 4.47 Å². The molecule has 1 aliphatic rings. The molecular weight excluding hydrogens is 445 g/mol. The van der Waals surface area contributed by atoms with Crippen molar-refractivity contribution in [2.75, 3.05) is 11.8 Å². The smallest absolute Gasteiger partial charge is 0.341 e. The van der Waals surface area contributed by atoms with E-state index in [0.29, 0.717) is 5.56 Å². The predicted molar refractivity (Wildman–Crippen MR) is 98.0 cm³/mol. The number of phenolic OH excluding ortho intramolecular Hbond substituents is 2. The fraction of sp³-hybridized carbons (Fsp3) is 0.235. The van der Waals surface area contributed by atoms with Crippen LogP contribution in [0.2, 0.25) is 0 Å². The molecule has 0 aliphatic heterocycles. The highest BCUT2D eigenvalue weighted by atomic mass is 79.9. The van der Waals surface area contributed by atoms with Gasteiger partial charge in [-0.1, -0.05) is 15.9 Å². The summed E-state index contributed by atoms with van der Waals surface area (Å²) in [6.07, 6.45) is 1.74. The highest BCUT2D eigenvalue weighted by Crippen LogP contribution is 2.44. The van der Waals surface area contributed by atoms with Crippen LogP contribution in [0.25, 0.3) is 0 Å². The van der Waals surface area contributed by atoms with Gasteiger partial charge in [0.15, 0.2) is 17.3 Å². The highest BCUT2D eigenvalue weighted by Gasteiger charge is 2.29. The second kappa shape index (κ2) is 7.01. The summed E-state index contributed by atoms with van der Waals surface area (Å²) in [6.45, 7) is 0. The van der Waals surface area contributed by atoms with E-state index in [0.717, 1.165) is 32.1 Å². The summed E-state index contributed by atoms with van der Waals surface area (Å²) in [5.41, 5.74) is 0.208. The molecule has 1 fully saturated rings. The van der Waals surface area contributed by atoms with Gasteiger partial charge >= 0.3 is 5.97 Å². The first-order valence-corrected chi connectivity index (χ1v) is 10.1. The molecule has 27 heavy (non-hydrogen) atoms. The Labute approximate surface area is 163 Å². The molecule has 0 radical (unpaired) electrons. The van der Waals surface area contributed by atoms with Crippen LogP contribution < -0.4 is 4.72 Å². The van der Waals surface area contributed by atoms with Crippen molar-refractivity contribution in [1.29, 1.82) is 0 Å². The number of phenols is 2. The summed E-state index contributed by atoms with van der Waals surface area (Å²) >= 11 is 2.96. The van der Waals surface area contributed by atoms with Crippen molar-refractivity contribution in [1.82, 2.24) is 0 Å². The van der Waals surface area contributed by atoms with E-state index in [4.69, 9.17) is 0 Å². The first kappa shape index (κ1) is 19.4. The molecule has 3 rings (SSSR count). The maximum absolute atomic E-state index is 13.7. The van der Waals surface area contributed by atoms with Crippen LogP contribution in [0, 0.1) is 5.82 Å². The largest absolute Gasteiger partial charge is 0.505 e. The number of aromatic hydroxyl groups is 2. The van der Waals surface area contributed by atoms with Crippen LogP contribution in [0.5, 0.6) is 11.5 Å². The number of rotatable bonds is 5. The van der Waals surface area contributed by atoms with Crippen molar-refractivity contribution in [3.05, 3.63) is 45.7 Å². The molecule has 0 unspecified atom stereocenters. The average molecular weight is 460 g/mol. The van der Waals surface area contributed by atoms with E-state index in [1.807, 2.05) is 0 Å². The minimum Gasteiger partial charge on any atom is -0.505 e. The SMILES string of the molecule is COC(=O)c1cc(C2CC2)cc(NS(=O)(=O)c2cc(Br)cc(F)c2O)c1O. The molecule has 0 saturated heterocycles. The first-order chi connectivity index (χ1) is 12.6. The molecule has 10 heteroatoms. The Kier molecular flexibility index (Phi) is 5.04.